The third-order valence-electron chi connectivity index (χ3n) is 1.95. The van der Waals surface area contributed by atoms with Crippen molar-refractivity contribution in [2.45, 2.75) is 0 Å². The van der Waals surface area contributed by atoms with E-state index in [0.717, 1.165) is 4.57 Å². The topological polar surface area (TPSA) is 64.2 Å². The van der Waals surface area contributed by atoms with Crippen molar-refractivity contribution >= 4 is 12.8 Å². The summed E-state index contributed by atoms with van der Waals surface area (Å²) in [6.07, 6.45) is 0.657. The second-order valence-electron chi connectivity index (χ2n) is 2.70. The molecule has 0 aromatic carbocycles. The van der Waals surface area contributed by atoms with Crippen molar-refractivity contribution in [2.75, 3.05) is 0 Å². The van der Waals surface area contributed by atoms with Gasteiger partial charge < -0.3 is 5.11 Å². The van der Waals surface area contributed by atoms with Gasteiger partial charge in [0, 0.05) is 14.1 Å². The number of nitrogens with zero attached hydrogens (tertiary/aromatic N) is 2. The van der Waals surface area contributed by atoms with E-state index in [1.54, 1.807) is 0 Å². The molecule has 0 amide bonds. The normalized spacial score (nSPS) is 12.0. The van der Waals surface area contributed by atoms with Gasteiger partial charge in [-0.05, 0) is 0 Å². The van der Waals surface area contributed by atoms with Crippen LogP contribution in [0.25, 0.3) is 12.8 Å². The largest absolute Gasteiger partial charge is 0.515 e. The molecule has 1 rings (SSSR count). The Hall–Kier alpha value is -1.78. The molecule has 0 aliphatic carbocycles. The van der Waals surface area contributed by atoms with Gasteiger partial charge in [-0.15, -0.1) is 0 Å². The molecule has 0 aliphatic rings. The fraction of sp³-hybridized carbons (Fsp3) is 0.250. The van der Waals surface area contributed by atoms with Gasteiger partial charge in [0.2, 0.25) is 0 Å². The maximum absolute atomic E-state index is 11.3. The number of rotatable bonds is 0. The molecule has 1 aromatic rings. The van der Waals surface area contributed by atoms with E-state index in [9.17, 15) is 9.59 Å². The van der Waals surface area contributed by atoms with E-state index in [2.05, 4.69) is 6.58 Å². The highest BCUT2D eigenvalue weighted by Gasteiger charge is 2.02. The van der Waals surface area contributed by atoms with Crippen molar-refractivity contribution in [1.82, 2.24) is 9.13 Å². The first-order valence-electron chi connectivity index (χ1n) is 3.60. The molecule has 5 nitrogen and oxygen atoms in total. The van der Waals surface area contributed by atoms with E-state index in [-0.39, 0.29) is 10.6 Å². The third-order valence-corrected chi connectivity index (χ3v) is 1.95. The second kappa shape index (κ2) is 2.93. The Morgan fingerprint density at radius 3 is 2.31 bits per heavy atom. The summed E-state index contributed by atoms with van der Waals surface area (Å²) in [6, 6.07) is 0. The maximum Gasteiger partial charge on any atom is 0.330 e. The van der Waals surface area contributed by atoms with Gasteiger partial charge in [-0.2, -0.15) is 0 Å². The fourth-order valence-electron chi connectivity index (χ4n) is 1.04. The second-order valence-corrected chi connectivity index (χ2v) is 2.70. The molecular weight excluding hydrogens is 172 g/mol. The molecule has 1 N–H and O–H groups in total. The van der Waals surface area contributed by atoms with Crippen molar-refractivity contribution in [1.29, 1.82) is 0 Å². The lowest BCUT2D eigenvalue weighted by atomic mass is 10.4. The first-order chi connectivity index (χ1) is 6.00. The van der Waals surface area contributed by atoms with Crippen LogP contribution < -0.4 is 21.8 Å². The smallest absolute Gasteiger partial charge is 0.330 e. The Morgan fingerprint density at radius 1 is 1.31 bits per heavy atom. The van der Waals surface area contributed by atoms with Crippen molar-refractivity contribution in [3.63, 3.8) is 0 Å². The van der Waals surface area contributed by atoms with Crippen LogP contribution in [-0.2, 0) is 14.1 Å². The Kier molecular flexibility index (Phi) is 2.10. The number of aromatic nitrogens is 2. The molecule has 0 unspecified atom stereocenters. The van der Waals surface area contributed by atoms with E-state index < -0.39 is 11.2 Å². The van der Waals surface area contributed by atoms with E-state index >= 15 is 0 Å². The molecule has 0 saturated carbocycles. The summed E-state index contributed by atoms with van der Waals surface area (Å²) >= 11 is 0. The SMILES string of the molecule is C=c1/c(=C/O)c(=O)n(C)c(=O)n1C. The van der Waals surface area contributed by atoms with Crippen LogP contribution in [0, 0.1) is 0 Å². The van der Waals surface area contributed by atoms with Crippen LogP contribution in [0.15, 0.2) is 9.59 Å². The molecule has 0 spiro atoms. The predicted octanol–water partition coefficient (Wildman–Crippen LogP) is -2.21. The number of hydrogen-bond donors (Lipinski definition) is 1. The summed E-state index contributed by atoms with van der Waals surface area (Å²) in [7, 11) is 2.83. The zero-order valence-corrected chi connectivity index (χ0v) is 7.44. The molecular formula is C8H10N2O3. The van der Waals surface area contributed by atoms with Gasteiger partial charge in [0.1, 0.15) is 0 Å². The first kappa shape index (κ1) is 9.31. The van der Waals surface area contributed by atoms with Gasteiger partial charge in [0.15, 0.2) is 0 Å². The number of hydrogen-bond acceptors (Lipinski definition) is 3. The minimum absolute atomic E-state index is 0.0320. The minimum atomic E-state index is -0.546. The minimum Gasteiger partial charge on any atom is -0.515 e. The fourth-order valence-corrected chi connectivity index (χ4v) is 1.04. The third kappa shape index (κ3) is 1.18. The summed E-state index contributed by atoms with van der Waals surface area (Å²) in [6.45, 7) is 3.51. The van der Waals surface area contributed by atoms with Crippen LogP contribution in [0.5, 0.6) is 0 Å². The summed E-state index contributed by atoms with van der Waals surface area (Å²) in [5, 5.41) is 8.98. The van der Waals surface area contributed by atoms with E-state index in [4.69, 9.17) is 5.11 Å². The van der Waals surface area contributed by atoms with E-state index in [1.165, 1.54) is 18.7 Å². The van der Waals surface area contributed by atoms with Crippen LogP contribution >= 0.6 is 0 Å². The van der Waals surface area contributed by atoms with Gasteiger partial charge in [0.25, 0.3) is 5.56 Å². The van der Waals surface area contributed by atoms with Crippen molar-refractivity contribution < 1.29 is 5.11 Å². The Bertz CT molecular complexity index is 507. The average molecular weight is 182 g/mol. The zero-order valence-electron chi connectivity index (χ0n) is 7.44. The average Bonchev–Trinajstić information content (AvgIpc) is 2.13. The highest BCUT2D eigenvalue weighted by molar-refractivity contribution is 5.13. The number of aliphatic hydroxyl groups is 1. The molecule has 0 bridgehead atoms. The summed E-state index contributed by atoms with van der Waals surface area (Å²) < 4.78 is 2.11. The van der Waals surface area contributed by atoms with Gasteiger partial charge in [-0.1, -0.05) is 6.58 Å². The molecule has 5 heteroatoms. The van der Waals surface area contributed by atoms with Gasteiger partial charge in [-0.25, -0.2) is 4.79 Å². The molecule has 0 saturated heterocycles. The highest BCUT2D eigenvalue weighted by atomic mass is 16.2. The molecule has 1 aromatic heterocycles. The lowest BCUT2D eigenvalue weighted by Crippen LogP contribution is -2.56. The van der Waals surface area contributed by atoms with Crippen LogP contribution in [-0.4, -0.2) is 14.2 Å². The lowest BCUT2D eigenvalue weighted by Gasteiger charge is -2.01. The van der Waals surface area contributed by atoms with Gasteiger partial charge in [-0.3, -0.25) is 13.9 Å². The van der Waals surface area contributed by atoms with Gasteiger partial charge in [0.05, 0.1) is 16.8 Å². The maximum atomic E-state index is 11.3. The Labute approximate surface area is 73.5 Å². The monoisotopic (exact) mass is 182 g/mol. The van der Waals surface area contributed by atoms with Crippen LogP contribution in [0.2, 0.25) is 0 Å². The quantitative estimate of drug-likeness (QED) is 0.495. The highest BCUT2D eigenvalue weighted by Crippen LogP contribution is 1.54. The van der Waals surface area contributed by atoms with Crippen molar-refractivity contribution in [2.24, 2.45) is 14.1 Å². The summed E-state index contributed by atoms with van der Waals surface area (Å²) in [4.78, 5) is 22.6. The lowest BCUT2D eigenvalue weighted by molar-refractivity contribution is 0.534. The van der Waals surface area contributed by atoms with Crippen LogP contribution in [0.3, 0.4) is 0 Å². The standard InChI is InChI=1S/C8H10N2O3/c1-5-6(4-11)7(12)10(3)8(13)9(5)2/h4,11H,1H2,2-3H3/b6-4-. The zero-order chi connectivity index (χ0) is 10.2. The molecule has 0 atom stereocenters. The first-order valence-corrected chi connectivity index (χ1v) is 3.60. The molecule has 1 heterocycles. The molecule has 13 heavy (non-hydrogen) atoms. The predicted molar refractivity (Wildman–Crippen MR) is 48.8 cm³/mol. The van der Waals surface area contributed by atoms with Gasteiger partial charge >= 0.3 is 5.69 Å². The number of aliphatic hydroxyl groups excluding tert-OH is 1. The summed E-state index contributed by atoms with van der Waals surface area (Å²) in [5.41, 5.74) is -1.00. The Morgan fingerprint density at radius 2 is 1.85 bits per heavy atom. The van der Waals surface area contributed by atoms with E-state index in [0.29, 0.717) is 6.26 Å². The van der Waals surface area contributed by atoms with Crippen molar-refractivity contribution in [3.8, 4) is 0 Å². The van der Waals surface area contributed by atoms with Crippen LogP contribution in [0.4, 0.5) is 0 Å². The molecule has 70 valence electrons. The molecule has 0 radical (unpaired) electrons. The van der Waals surface area contributed by atoms with Crippen LogP contribution in [0.1, 0.15) is 0 Å². The molecule has 0 fully saturated rings. The Balaban J connectivity index is 4.15. The van der Waals surface area contributed by atoms with Crippen molar-refractivity contribution in [3.05, 3.63) is 31.4 Å². The van der Waals surface area contributed by atoms with E-state index in [1.807, 2.05) is 0 Å². The molecule has 0 aliphatic heterocycles. The summed E-state index contributed by atoms with van der Waals surface area (Å²) in [5.74, 6) is 0.